The lowest BCUT2D eigenvalue weighted by molar-refractivity contribution is -0.132. The predicted octanol–water partition coefficient (Wildman–Crippen LogP) is 2.58. The summed E-state index contributed by atoms with van der Waals surface area (Å²) >= 11 is 0. The van der Waals surface area contributed by atoms with Crippen LogP contribution in [0.3, 0.4) is 0 Å². The van der Waals surface area contributed by atoms with Crippen molar-refractivity contribution in [2.24, 2.45) is 5.41 Å². The van der Waals surface area contributed by atoms with Crippen molar-refractivity contribution >= 4 is 5.91 Å². The summed E-state index contributed by atoms with van der Waals surface area (Å²) in [5.74, 6) is 0.391. The molecule has 2 aliphatic rings. The van der Waals surface area contributed by atoms with Crippen molar-refractivity contribution in [3.8, 4) is 0 Å². The van der Waals surface area contributed by atoms with Gasteiger partial charge in [-0.25, -0.2) is 0 Å². The Kier molecular flexibility index (Phi) is 2.80. The first-order valence-corrected chi connectivity index (χ1v) is 6.04. The van der Waals surface area contributed by atoms with Crippen LogP contribution in [0, 0.1) is 5.41 Å². The number of hydrogen-bond acceptors (Lipinski definition) is 1. The van der Waals surface area contributed by atoms with Crippen LogP contribution in [0.4, 0.5) is 0 Å². The summed E-state index contributed by atoms with van der Waals surface area (Å²) in [4.78, 5) is 13.8. The van der Waals surface area contributed by atoms with Crippen LogP contribution in [0.2, 0.25) is 0 Å². The van der Waals surface area contributed by atoms with Crippen LogP contribution in [0.1, 0.15) is 51.9 Å². The van der Waals surface area contributed by atoms with E-state index < -0.39 is 0 Å². The van der Waals surface area contributed by atoms with Crippen LogP contribution >= 0.6 is 0 Å². The fraction of sp³-hybridized carbons (Fsp3) is 0.917. The van der Waals surface area contributed by atoms with E-state index in [1.165, 1.54) is 25.7 Å². The topological polar surface area (TPSA) is 20.3 Å². The van der Waals surface area contributed by atoms with E-state index in [1.807, 2.05) is 0 Å². The number of carbonyl (C=O) groups excluding carboxylic acids is 1. The number of nitrogens with zero attached hydrogens (tertiary/aromatic N) is 1. The van der Waals surface area contributed by atoms with Crippen molar-refractivity contribution in [1.29, 1.82) is 0 Å². The Morgan fingerprint density at radius 2 is 1.86 bits per heavy atom. The molecule has 0 bridgehead atoms. The van der Waals surface area contributed by atoms with Crippen LogP contribution in [0.25, 0.3) is 0 Å². The molecule has 0 atom stereocenters. The molecule has 0 radical (unpaired) electrons. The maximum Gasteiger partial charge on any atom is 0.222 e. The van der Waals surface area contributed by atoms with E-state index in [-0.39, 0.29) is 0 Å². The Hall–Kier alpha value is -0.530. The third kappa shape index (κ3) is 2.10. The first-order valence-electron chi connectivity index (χ1n) is 6.04. The second-order valence-electron chi connectivity index (χ2n) is 4.98. The fourth-order valence-corrected chi connectivity index (χ4v) is 2.39. The molecule has 0 aromatic heterocycles. The standard InChI is InChI=1S/C12H21NO/c1-2-3-4-11(14)13-9-7-12(5-6-12)8-10-13/h2-10H2,1H3. The molecule has 0 N–H and O–H groups in total. The summed E-state index contributed by atoms with van der Waals surface area (Å²) in [6, 6.07) is 0. The number of piperidine rings is 1. The number of amides is 1. The van der Waals surface area contributed by atoms with Crippen LogP contribution in [0.15, 0.2) is 0 Å². The molecule has 1 aliphatic heterocycles. The second-order valence-corrected chi connectivity index (χ2v) is 4.98. The molecule has 0 unspecified atom stereocenters. The monoisotopic (exact) mass is 195 g/mol. The molecule has 1 heterocycles. The van der Waals surface area contributed by atoms with Crippen LogP contribution in [-0.2, 0) is 4.79 Å². The molecule has 1 saturated carbocycles. The van der Waals surface area contributed by atoms with Crippen molar-refractivity contribution < 1.29 is 4.79 Å². The summed E-state index contributed by atoms with van der Waals surface area (Å²) in [6.45, 7) is 4.20. The average molecular weight is 195 g/mol. The highest BCUT2D eigenvalue weighted by molar-refractivity contribution is 5.76. The molecule has 1 aliphatic carbocycles. The molecule has 14 heavy (non-hydrogen) atoms. The van der Waals surface area contributed by atoms with E-state index in [1.54, 1.807) is 0 Å². The van der Waals surface area contributed by atoms with Crippen molar-refractivity contribution in [3.05, 3.63) is 0 Å². The van der Waals surface area contributed by atoms with Gasteiger partial charge in [-0.05, 0) is 37.5 Å². The number of rotatable bonds is 3. The van der Waals surface area contributed by atoms with Gasteiger partial charge in [0.25, 0.3) is 0 Å². The molecule has 1 amide bonds. The van der Waals surface area contributed by atoms with Gasteiger partial charge in [-0.15, -0.1) is 0 Å². The summed E-state index contributed by atoms with van der Waals surface area (Å²) in [6.07, 6.45) is 8.33. The van der Waals surface area contributed by atoms with Gasteiger partial charge in [0.05, 0.1) is 0 Å². The highest BCUT2D eigenvalue weighted by Gasteiger charge is 2.44. The van der Waals surface area contributed by atoms with Gasteiger partial charge in [0.1, 0.15) is 0 Å². The SMILES string of the molecule is CCCCC(=O)N1CCC2(CC1)CC2. The average Bonchev–Trinajstić information content (AvgIpc) is 2.96. The minimum Gasteiger partial charge on any atom is -0.343 e. The lowest BCUT2D eigenvalue weighted by Crippen LogP contribution is -2.38. The fourth-order valence-electron chi connectivity index (χ4n) is 2.39. The molecule has 1 spiro atoms. The van der Waals surface area contributed by atoms with E-state index in [4.69, 9.17) is 0 Å². The van der Waals surface area contributed by atoms with Crippen molar-refractivity contribution in [1.82, 2.24) is 4.90 Å². The number of likely N-dealkylation sites (tertiary alicyclic amines) is 1. The summed E-state index contributed by atoms with van der Waals surface area (Å²) < 4.78 is 0. The van der Waals surface area contributed by atoms with Crippen LogP contribution < -0.4 is 0 Å². The van der Waals surface area contributed by atoms with E-state index in [0.29, 0.717) is 11.3 Å². The first-order chi connectivity index (χ1) is 6.76. The summed E-state index contributed by atoms with van der Waals surface area (Å²) in [5.41, 5.74) is 0.696. The Morgan fingerprint density at radius 1 is 1.21 bits per heavy atom. The van der Waals surface area contributed by atoms with Crippen molar-refractivity contribution in [2.45, 2.75) is 51.9 Å². The molecule has 2 nitrogen and oxygen atoms in total. The third-order valence-corrected chi connectivity index (χ3v) is 3.88. The van der Waals surface area contributed by atoms with Gasteiger partial charge in [-0.1, -0.05) is 13.3 Å². The molecule has 0 aromatic rings. The molecular weight excluding hydrogens is 174 g/mol. The minimum absolute atomic E-state index is 0.391. The van der Waals surface area contributed by atoms with Crippen LogP contribution in [0.5, 0.6) is 0 Å². The van der Waals surface area contributed by atoms with E-state index >= 15 is 0 Å². The molecule has 0 aromatic carbocycles. The minimum atomic E-state index is 0.391. The zero-order valence-electron chi connectivity index (χ0n) is 9.22. The van der Waals surface area contributed by atoms with E-state index in [9.17, 15) is 4.79 Å². The smallest absolute Gasteiger partial charge is 0.222 e. The Bertz CT molecular complexity index is 210. The van der Waals surface area contributed by atoms with Gasteiger partial charge >= 0.3 is 0 Å². The predicted molar refractivity (Wildman–Crippen MR) is 57.0 cm³/mol. The van der Waals surface area contributed by atoms with Gasteiger partial charge in [-0.3, -0.25) is 4.79 Å². The van der Waals surface area contributed by atoms with Crippen LogP contribution in [-0.4, -0.2) is 23.9 Å². The molecule has 1 saturated heterocycles. The molecule has 2 fully saturated rings. The zero-order chi connectivity index (χ0) is 10.0. The summed E-state index contributed by atoms with van der Waals surface area (Å²) in [7, 11) is 0. The second kappa shape index (κ2) is 3.92. The molecule has 2 rings (SSSR count). The quantitative estimate of drug-likeness (QED) is 0.678. The molecule has 2 heteroatoms. The molecule has 80 valence electrons. The number of carbonyl (C=O) groups is 1. The summed E-state index contributed by atoms with van der Waals surface area (Å²) in [5, 5.41) is 0. The maximum absolute atomic E-state index is 11.7. The van der Waals surface area contributed by atoms with E-state index in [2.05, 4.69) is 11.8 Å². The van der Waals surface area contributed by atoms with Crippen molar-refractivity contribution in [2.75, 3.05) is 13.1 Å². The first kappa shape index (κ1) is 10.0. The Labute approximate surface area is 86.7 Å². The largest absolute Gasteiger partial charge is 0.343 e. The lowest BCUT2D eigenvalue weighted by atomic mass is 9.93. The van der Waals surface area contributed by atoms with E-state index in [0.717, 1.165) is 32.4 Å². The van der Waals surface area contributed by atoms with Gasteiger partial charge < -0.3 is 4.90 Å². The lowest BCUT2D eigenvalue weighted by Gasteiger charge is -2.32. The number of hydrogen-bond donors (Lipinski definition) is 0. The number of unbranched alkanes of at least 4 members (excludes halogenated alkanes) is 1. The third-order valence-electron chi connectivity index (χ3n) is 3.88. The zero-order valence-corrected chi connectivity index (χ0v) is 9.22. The highest BCUT2D eigenvalue weighted by Crippen LogP contribution is 2.53. The van der Waals surface area contributed by atoms with Gasteiger partial charge in [0.2, 0.25) is 5.91 Å². The maximum atomic E-state index is 11.7. The Balaban J connectivity index is 1.74. The van der Waals surface area contributed by atoms with Crippen molar-refractivity contribution in [3.63, 3.8) is 0 Å². The Morgan fingerprint density at radius 3 is 2.36 bits per heavy atom. The van der Waals surface area contributed by atoms with Gasteiger partial charge in [0, 0.05) is 19.5 Å². The van der Waals surface area contributed by atoms with Gasteiger partial charge in [-0.2, -0.15) is 0 Å². The normalized spacial score (nSPS) is 23.9. The highest BCUT2D eigenvalue weighted by atomic mass is 16.2. The molecular formula is C12H21NO. The van der Waals surface area contributed by atoms with Gasteiger partial charge in [0.15, 0.2) is 0 Å².